The third-order valence-corrected chi connectivity index (χ3v) is 4.15. The molecule has 0 unspecified atom stereocenters. The number of H-pyrrole nitrogens is 1. The molecule has 5 rings (SSSR count). The summed E-state index contributed by atoms with van der Waals surface area (Å²) in [5, 5.41) is 5.69. The summed E-state index contributed by atoms with van der Waals surface area (Å²) < 4.78 is 1.77. The molecule has 0 atom stereocenters. The molecule has 0 amide bonds. The number of fused-ring (bicyclic) bond motifs is 2. The van der Waals surface area contributed by atoms with Gasteiger partial charge in [0.05, 0.1) is 17.5 Å². The van der Waals surface area contributed by atoms with E-state index in [1.54, 1.807) is 16.9 Å². The highest BCUT2D eigenvalue weighted by Crippen LogP contribution is 2.17. The fourth-order valence-corrected chi connectivity index (χ4v) is 2.86. The molecule has 0 saturated heterocycles. The van der Waals surface area contributed by atoms with Crippen molar-refractivity contribution in [3.8, 4) is 23.1 Å². The van der Waals surface area contributed by atoms with Gasteiger partial charge in [-0.2, -0.15) is 5.10 Å². The third kappa shape index (κ3) is 2.41. The molecule has 1 N–H and O–H groups in total. The first-order valence-corrected chi connectivity index (χ1v) is 8.14. The van der Waals surface area contributed by atoms with Crippen LogP contribution in [0.3, 0.4) is 0 Å². The predicted molar refractivity (Wildman–Crippen MR) is 99.3 cm³/mol. The largest absolute Gasteiger partial charge is 0.345 e. The zero-order valence-corrected chi connectivity index (χ0v) is 13.6. The normalized spacial score (nSPS) is 10.8. The number of aromatic nitrogens is 5. The second-order valence-electron chi connectivity index (χ2n) is 5.77. The summed E-state index contributed by atoms with van der Waals surface area (Å²) in [7, 11) is 0. The highest BCUT2D eigenvalue weighted by atomic mass is 15.3. The number of hydrogen-bond donors (Lipinski definition) is 1. The van der Waals surface area contributed by atoms with E-state index in [1.165, 1.54) is 0 Å². The van der Waals surface area contributed by atoms with Crippen molar-refractivity contribution < 1.29 is 0 Å². The zero-order valence-electron chi connectivity index (χ0n) is 13.6. The van der Waals surface area contributed by atoms with Crippen LogP contribution in [0.5, 0.6) is 0 Å². The highest BCUT2D eigenvalue weighted by molar-refractivity contribution is 5.82. The van der Waals surface area contributed by atoms with Gasteiger partial charge in [-0.3, -0.25) is 0 Å². The highest BCUT2D eigenvalue weighted by Gasteiger charge is 2.06. The minimum absolute atomic E-state index is 0.739. The number of benzene rings is 1. The Hall–Kier alpha value is -3.91. The minimum Gasteiger partial charge on any atom is -0.345 e. The van der Waals surface area contributed by atoms with Crippen LogP contribution in [0.4, 0.5) is 0 Å². The lowest BCUT2D eigenvalue weighted by molar-refractivity contribution is 0.930. The van der Waals surface area contributed by atoms with E-state index in [0.29, 0.717) is 0 Å². The number of aromatic amines is 1. The first kappa shape index (κ1) is 14.4. The van der Waals surface area contributed by atoms with Gasteiger partial charge in [-0.25, -0.2) is 14.5 Å². The lowest BCUT2D eigenvalue weighted by Gasteiger charge is -2.01. The van der Waals surface area contributed by atoms with Gasteiger partial charge < -0.3 is 4.98 Å². The molecular formula is C21H12N5. The molecular weight excluding hydrogens is 322 g/mol. The SMILES string of the molecule is C(#Cc1cnc2ccc(-c3cc[c]cc3)nn12)c1c[nH]c2ncccc12. The van der Waals surface area contributed by atoms with Crippen molar-refractivity contribution in [2.45, 2.75) is 0 Å². The van der Waals surface area contributed by atoms with Crippen molar-refractivity contribution in [3.63, 3.8) is 0 Å². The molecule has 5 heteroatoms. The average molecular weight is 334 g/mol. The molecule has 5 aromatic rings. The molecule has 0 aliphatic heterocycles. The lowest BCUT2D eigenvalue weighted by Crippen LogP contribution is -1.96. The number of pyridine rings is 1. The average Bonchev–Trinajstić information content (AvgIpc) is 3.30. The summed E-state index contributed by atoms with van der Waals surface area (Å²) in [6, 6.07) is 18.5. The van der Waals surface area contributed by atoms with Crippen LogP contribution < -0.4 is 0 Å². The quantitative estimate of drug-likeness (QED) is 0.478. The van der Waals surface area contributed by atoms with E-state index in [0.717, 1.165) is 39.2 Å². The molecule has 5 nitrogen and oxygen atoms in total. The molecule has 0 bridgehead atoms. The maximum atomic E-state index is 4.69. The first-order chi connectivity index (χ1) is 12.9. The van der Waals surface area contributed by atoms with Gasteiger partial charge in [0, 0.05) is 23.3 Å². The minimum atomic E-state index is 0.739. The number of nitrogens with zero attached hydrogens (tertiary/aromatic N) is 4. The molecule has 0 aliphatic rings. The molecule has 1 aromatic carbocycles. The predicted octanol–water partition coefficient (Wildman–Crippen LogP) is 3.47. The van der Waals surface area contributed by atoms with Crippen LogP contribution in [0.25, 0.3) is 27.9 Å². The summed E-state index contributed by atoms with van der Waals surface area (Å²) in [5.74, 6) is 6.37. The Kier molecular flexibility index (Phi) is 3.26. The summed E-state index contributed by atoms with van der Waals surface area (Å²) in [5.41, 5.74) is 5.13. The van der Waals surface area contributed by atoms with Gasteiger partial charge in [0.1, 0.15) is 11.3 Å². The maximum Gasteiger partial charge on any atom is 0.154 e. The van der Waals surface area contributed by atoms with Crippen LogP contribution >= 0.6 is 0 Å². The summed E-state index contributed by atoms with van der Waals surface area (Å²) in [4.78, 5) is 11.8. The van der Waals surface area contributed by atoms with E-state index in [4.69, 9.17) is 0 Å². The van der Waals surface area contributed by atoms with Gasteiger partial charge in [-0.1, -0.05) is 30.2 Å². The van der Waals surface area contributed by atoms with E-state index in [-0.39, 0.29) is 0 Å². The topological polar surface area (TPSA) is 58.9 Å². The van der Waals surface area contributed by atoms with Gasteiger partial charge in [-0.05, 0) is 36.3 Å². The molecule has 26 heavy (non-hydrogen) atoms. The Bertz CT molecular complexity index is 1290. The zero-order chi connectivity index (χ0) is 17.3. The van der Waals surface area contributed by atoms with Crippen LogP contribution in [0.2, 0.25) is 0 Å². The Morgan fingerprint density at radius 3 is 2.85 bits per heavy atom. The van der Waals surface area contributed by atoms with Crippen molar-refractivity contribution in [1.82, 2.24) is 24.6 Å². The second kappa shape index (κ2) is 5.87. The smallest absolute Gasteiger partial charge is 0.154 e. The summed E-state index contributed by atoms with van der Waals surface area (Å²) >= 11 is 0. The van der Waals surface area contributed by atoms with Crippen LogP contribution in [0.1, 0.15) is 11.3 Å². The molecule has 0 aliphatic carbocycles. The van der Waals surface area contributed by atoms with Crippen molar-refractivity contribution in [2.75, 3.05) is 0 Å². The van der Waals surface area contributed by atoms with Gasteiger partial charge in [0.2, 0.25) is 0 Å². The Labute approximate surface area is 149 Å². The van der Waals surface area contributed by atoms with Gasteiger partial charge in [0.25, 0.3) is 0 Å². The van der Waals surface area contributed by atoms with Gasteiger partial charge in [0.15, 0.2) is 5.65 Å². The Morgan fingerprint density at radius 2 is 1.92 bits per heavy atom. The molecule has 1 radical (unpaired) electrons. The third-order valence-electron chi connectivity index (χ3n) is 4.15. The molecule has 4 heterocycles. The number of nitrogens with one attached hydrogen (secondary N) is 1. The molecule has 0 fully saturated rings. The molecule has 0 saturated carbocycles. The summed E-state index contributed by atoms with van der Waals surface area (Å²) in [6.45, 7) is 0. The monoisotopic (exact) mass is 334 g/mol. The Balaban J connectivity index is 1.60. The van der Waals surface area contributed by atoms with Crippen LogP contribution in [-0.4, -0.2) is 24.6 Å². The van der Waals surface area contributed by atoms with Crippen molar-refractivity contribution in [3.05, 3.63) is 84.4 Å². The fraction of sp³-hybridized carbons (Fsp3) is 0. The van der Waals surface area contributed by atoms with E-state index in [2.05, 4.69) is 38.0 Å². The van der Waals surface area contributed by atoms with Crippen LogP contribution in [0.15, 0.2) is 67.1 Å². The van der Waals surface area contributed by atoms with Gasteiger partial charge >= 0.3 is 0 Å². The Morgan fingerprint density at radius 1 is 1.00 bits per heavy atom. The van der Waals surface area contributed by atoms with Crippen molar-refractivity contribution in [1.29, 1.82) is 0 Å². The number of hydrogen-bond acceptors (Lipinski definition) is 3. The molecule has 121 valence electrons. The molecule has 4 aromatic heterocycles. The van der Waals surface area contributed by atoms with E-state index < -0.39 is 0 Å². The van der Waals surface area contributed by atoms with Gasteiger partial charge in [-0.15, -0.1) is 0 Å². The second-order valence-corrected chi connectivity index (χ2v) is 5.77. The van der Waals surface area contributed by atoms with E-state index in [9.17, 15) is 0 Å². The maximum absolute atomic E-state index is 4.69. The van der Waals surface area contributed by atoms with E-state index in [1.807, 2.05) is 54.7 Å². The van der Waals surface area contributed by atoms with E-state index >= 15 is 0 Å². The number of imidazole rings is 1. The summed E-state index contributed by atoms with van der Waals surface area (Å²) in [6.07, 6.45) is 5.37. The van der Waals surface area contributed by atoms with Crippen molar-refractivity contribution in [2.24, 2.45) is 0 Å². The fourth-order valence-electron chi connectivity index (χ4n) is 2.86. The lowest BCUT2D eigenvalue weighted by atomic mass is 10.1. The van der Waals surface area contributed by atoms with Crippen molar-refractivity contribution >= 4 is 16.7 Å². The number of rotatable bonds is 1. The molecule has 0 spiro atoms. The van der Waals surface area contributed by atoms with Crippen LogP contribution in [0, 0.1) is 17.9 Å². The standard InChI is InChI=1S/C21H12N5/c1-2-5-15(6-3-1)19-10-11-20-23-14-17(26(20)25-19)9-8-16-13-24-21-18(16)7-4-12-22-21/h2-7,10-14H,(H,22,24). The van der Waals surface area contributed by atoms with Crippen LogP contribution in [-0.2, 0) is 0 Å². The first-order valence-electron chi connectivity index (χ1n) is 8.14.